The zero-order valence-corrected chi connectivity index (χ0v) is 9.40. The maximum atomic E-state index is 11.2. The lowest BCUT2D eigenvalue weighted by Gasteiger charge is -2.19. The first-order valence-electron chi connectivity index (χ1n) is 4.97. The van der Waals surface area contributed by atoms with Crippen molar-refractivity contribution in [1.82, 2.24) is 25.2 Å². The Morgan fingerprint density at radius 2 is 2.18 bits per heavy atom. The van der Waals surface area contributed by atoms with Crippen LogP contribution < -0.4 is 0 Å². The van der Waals surface area contributed by atoms with Gasteiger partial charge in [-0.15, -0.1) is 5.10 Å². The van der Waals surface area contributed by atoms with Gasteiger partial charge in [0.1, 0.15) is 5.69 Å². The molecular formula is C10H11N5O2. The van der Waals surface area contributed by atoms with Crippen molar-refractivity contribution < 1.29 is 9.90 Å². The van der Waals surface area contributed by atoms with E-state index in [0.29, 0.717) is 11.5 Å². The van der Waals surface area contributed by atoms with Crippen LogP contribution in [0.1, 0.15) is 13.8 Å². The molecule has 2 aromatic rings. The minimum atomic E-state index is -1.23. The number of carbonyl (C=O) groups is 1. The Kier molecular flexibility index (Phi) is 2.58. The van der Waals surface area contributed by atoms with E-state index < -0.39 is 11.5 Å². The van der Waals surface area contributed by atoms with E-state index in [1.54, 1.807) is 24.4 Å². The standard InChI is InChI=1S/C10H11N5O2/c1-10(2,9(16)17)15-8(12-13-14-15)7-5-3-4-6-11-7/h3-6H,1-2H3,(H,16,17). The summed E-state index contributed by atoms with van der Waals surface area (Å²) >= 11 is 0. The fraction of sp³-hybridized carbons (Fsp3) is 0.300. The molecule has 7 heteroatoms. The molecule has 0 aliphatic heterocycles. The molecule has 88 valence electrons. The number of rotatable bonds is 3. The average Bonchev–Trinajstić information content (AvgIpc) is 2.79. The normalized spacial score (nSPS) is 11.4. The minimum absolute atomic E-state index is 0.331. The van der Waals surface area contributed by atoms with Gasteiger partial charge in [0.15, 0.2) is 5.54 Å². The van der Waals surface area contributed by atoms with E-state index >= 15 is 0 Å². The van der Waals surface area contributed by atoms with Gasteiger partial charge in [0.05, 0.1) is 0 Å². The molecule has 1 N–H and O–H groups in total. The highest BCUT2D eigenvalue weighted by Gasteiger charge is 2.34. The van der Waals surface area contributed by atoms with Crippen molar-refractivity contribution in [2.45, 2.75) is 19.4 Å². The van der Waals surface area contributed by atoms with Crippen LogP contribution in [0, 0.1) is 0 Å². The summed E-state index contributed by atoms with van der Waals surface area (Å²) in [6, 6.07) is 5.27. The molecule has 0 amide bonds. The van der Waals surface area contributed by atoms with Gasteiger partial charge in [-0.3, -0.25) is 4.98 Å². The lowest BCUT2D eigenvalue weighted by molar-refractivity contribution is -0.146. The van der Waals surface area contributed by atoms with Gasteiger partial charge >= 0.3 is 5.97 Å². The highest BCUT2D eigenvalue weighted by Crippen LogP contribution is 2.21. The summed E-state index contributed by atoms with van der Waals surface area (Å²) in [7, 11) is 0. The number of hydrogen-bond donors (Lipinski definition) is 1. The fourth-order valence-corrected chi connectivity index (χ4v) is 1.31. The minimum Gasteiger partial charge on any atom is -0.479 e. The lowest BCUT2D eigenvalue weighted by atomic mass is 10.1. The molecule has 7 nitrogen and oxygen atoms in total. The SMILES string of the molecule is CC(C)(C(=O)O)n1nnnc1-c1ccccn1. The predicted octanol–water partition coefficient (Wildman–Crippen LogP) is 0.555. The third-order valence-corrected chi connectivity index (χ3v) is 2.42. The summed E-state index contributed by atoms with van der Waals surface area (Å²) < 4.78 is 1.25. The van der Waals surface area contributed by atoms with Gasteiger partial charge in [0.25, 0.3) is 0 Å². The second kappa shape index (κ2) is 3.93. The van der Waals surface area contributed by atoms with Crippen LogP contribution in [0.5, 0.6) is 0 Å². The summed E-state index contributed by atoms with van der Waals surface area (Å²) in [6.45, 7) is 3.05. The molecule has 0 radical (unpaired) electrons. The second-order valence-corrected chi connectivity index (χ2v) is 3.99. The highest BCUT2D eigenvalue weighted by molar-refractivity contribution is 5.76. The van der Waals surface area contributed by atoms with Crippen molar-refractivity contribution in [1.29, 1.82) is 0 Å². The summed E-state index contributed by atoms with van der Waals surface area (Å²) in [5.41, 5.74) is -0.692. The van der Waals surface area contributed by atoms with Gasteiger partial charge < -0.3 is 5.11 Å². The van der Waals surface area contributed by atoms with E-state index in [1.165, 1.54) is 18.5 Å². The summed E-state index contributed by atoms with van der Waals surface area (Å²) in [4.78, 5) is 15.3. The predicted molar refractivity (Wildman–Crippen MR) is 58.0 cm³/mol. The molecule has 0 saturated carbocycles. The van der Waals surface area contributed by atoms with Gasteiger partial charge in [-0.25, -0.2) is 9.48 Å². The van der Waals surface area contributed by atoms with Crippen LogP contribution in [0.4, 0.5) is 0 Å². The van der Waals surface area contributed by atoms with Crippen molar-refractivity contribution in [2.24, 2.45) is 0 Å². The first kappa shape index (κ1) is 11.2. The molecule has 17 heavy (non-hydrogen) atoms. The monoisotopic (exact) mass is 233 g/mol. The topological polar surface area (TPSA) is 93.8 Å². The number of nitrogens with zero attached hydrogens (tertiary/aromatic N) is 5. The van der Waals surface area contributed by atoms with E-state index in [0.717, 1.165) is 0 Å². The fourth-order valence-electron chi connectivity index (χ4n) is 1.31. The molecule has 0 aromatic carbocycles. The number of tetrazole rings is 1. The Hall–Kier alpha value is -2.31. The zero-order chi connectivity index (χ0) is 12.5. The number of aliphatic carboxylic acids is 1. The molecule has 0 unspecified atom stereocenters. The molecule has 0 saturated heterocycles. The van der Waals surface area contributed by atoms with E-state index in [1.807, 2.05) is 0 Å². The number of carboxylic acid groups (broad SMARTS) is 1. The molecule has 0 fully saturated rings. The van der Waals surface area contributed by atoms with Crippen molar-refractivity contribution >= 4 is 5.97 Å². The van der Waals surface area contributed by atoms with E-state index in [4.69, 9.17) is 5.11 Å². The molecule has 0 bridgehead atoms. The first-order chi connectivity index (χ1) is 8.03. The number of hydrogen-bond acceptors (Lipinski definition) is 5. The van der Waals surface area contributed by atoms with Crippen LogP contribution >= 0.6 is 0 Å². The van der Waals surface area contributed by atoms with E-state index in [-0.39, 0.29) is 0 Å². The maximum absolute atomic E-state index is 11.2. The van der Waals surface area contributed by atoms with Gasteiger partial charge in [-0.1, -0.05) is 6.07 Å². The Morgan fingerprint density at radius 1 is 1.41 bits per heavy atom. The maximum Gasteiger partial charge on any atom is 0.331 e. The zero-order valence-electron chi connectivity index (χ0n) is 9.40. The van der Waals surface area contributed by atoms with Gasteiger partial charge in [0, 0.05) is 6.20 Å². The summed E-state index contributed by atoms with van der Waals surface area (Å²) in [5.74, 6) is -0.681. The third kappa shape index (κ3) is 1.86. The Morgan fingerprint density at radius 3 is 2.76 bits per heavy atom. The van der Waals surface area contributed by atoms with Gasteiger partial charge in [-0.05, 0) is 36.4 Å². The quantitative estimate of drug-likeness (QED) is 0.832. The van der Waals surface area contributed by atoms with Crippen LogP contribution in [0.15, 0.2) is 24.4 Å². The molecule has 0 aliphatic carbocycles. The van der Waals surface area contributed by atoms with Crippen molar-refractivity contribution in [3.8, 4) is 11.5 Å². The summed E-state index contributed by atoms with van der Waals surface area (Å²) in [5, 5.41) is 20.2. The molecule has 0 aliphatic rings. The molecular weight excluding hydrogens is 222 g/mol. The van der Waals surface area contributed by atoms with Crippen LogP contribution in [0.2, 0.25) is 0 Å². The molecule has 2 rings (SSSR count). The smallest absolute Gasteiger partial charge is 0.331 e. The largest absolute Gasteiger partial charge is 0.479 e. The van der Waals surface area contributed by atoms with Crippen LogP contribution in [-0.2, 0) is 10.3 Å². The second-order valence-electron chi connectivity index (χ2n) is 3.99. The molecule has 2 heterocycles. The summed E-state index contributed by atoms with van der Waals surface area (Å²) in [6.07, 6.45) is 1.60. The van der Waals surface area contributed by atoms with E-state index in [9.17, 15) is 4.79 Å². The van der Waals surface area contributed by atoms with Crippen LogP contribution in [-0.4, -0.2) is 36.3 Å². The highest BCUT2D eigenvalue weighted by atomic mass is 16.4. The Balaban J connectivity index is 2.53. The van der Waals surface area contributed by atoms with Gasteiger partial charge in [-0.2, -0.15) is 0 Å². The molecule has 2 aromatic heterocycles. The Bertz CT molecular complexity index is 535. The number of carboxylic acids is 1. The van der Waals surface area contributed by atoms with Crippen LogP contribution in [0.3, 0.4) is 0 Å². The lowest BCUT2D eigenvalue weighted by Crippen LogP contribution is -2.37. The number of pyridine rings is 1. The van der Waals surface area contributed by atoms with Crippen molar-refractivity contribution in [3.05, 3.63) is 24.4 Å². The number of aromatic nitrogens is 5. The first-order valence-corrected chi connectivity index (χ1v) is 4.97. The van der Waals surface area contributed by atoms with Crippen molar-refractivity contribution in [2.75, 3.05) is 0 Å². The molecule has 0 spiro atoms. The molecule has 0 atom stereocenters. The van der Waals surface area contributed by atoms with E-state index in [2.05, 4.69) is 20.5 Å². The van der Waals surface area contributed by atoms with Crippen molar-refractivity contribution in [3.63, 3.8) is 0 Å². The average molecular weight is 233 g/mol. The van der Waals surface area contributed by atoms with Crippen LogP contribution in [0.25, 0.3) is 11.5 Å². The Labute approximate surface area is 97.1 Å². The van der Waals surface area contributed by atoms with Gasteiger partial charge in [0.2, 0.25) is 5.82 Å². The third-order valence-electron chi connectivity index (χ3n) is 2.42.